The summed E-state index contributed by atoms with van der Waals surface area (Å²) >= 11 is 5.72. The van der Waals surface area contributed by atoms with Crippen LogP contribution in [-0.4, -0.2) is 16.5 Å². The first-order chi connectivity index (χ1) is 7.24. The van der Waals surface area contributed by atoms with E-state index < -0.39 is 0 Å². The Morgan fingerprint density at radius 1 is 1.33 bits per heavy atom. The zero-order valence-corrected chi connectivity index (χ0v) is 10.1. The third-order valence-electron chi connectivity index (χ3n) is 2.27. The maximum Gasteiger partial charge on any atom is 0.224 e. The molecule has 0 bridgehead atoms. The van der Waals surface area contributed by atoms with E-state index in [1.54, 1.807) is 6.20 Å². The Balaban J connectivity index is 2.33. The van der Waals surface area contributed by atoms with E-state index in [4.69, 9.17) is 11.6 Å². The van der Waals surface area contributed by atoms with Crippen molar-refractivity contribution in [2.24, 2.45) is 0 Å². The van der Waals surface area contributed by atoms with Crippen LogP contribution in [0.4, 0.5) is 5.82 Å². The standard InChI is InChI=1S/C11H18ClN3/c1-3-4-5-6-7-13-10-9(2)8-14-11(12)15-10/h8H,3-7H2,1-2H3,(H,13,14,15). The monoisotopic (exact) mass is 227 g/mol. The first-order valence-corrected chi connectivity index (χ1v) is 5.85. The lowest BCUT2D eigenvalue weighted by molar-refractivity contribution is 0.684. The summed E-state index contributed by atoms with van der Waals surface area (Å²) in [5.41, 5.74) is 1.04. The molecule has 1 aromatic heterocycles. The number of aromatic nitrogens is 2. The number of anilines is 1. The predicted octanol–water partition coefficient (Wildman–Crippen LogP) is 3.43. The van der Waals surface area contributed by atoms with Crippen molar-refractivity contribution >= 4 is 17.4 Å². The number of rotatable bonds is 6. The molecular formula is C11H18ClN3. The summed E-state index contributed by atoms with van der Waals surface area (Å²) in [7, 11) is 0. The summed E-state index contributed by atoms with van der Waals surface area (Å²) in [6.07, 6.45) is 6.74. The smallest absolute Gasteiger partial charge is 0.224 e. The third kappa shape index (κ3) is 4.47. The van der Waals surface area contributed by atoms with Gasteiger partial charge in [0.2, 0.25) is 5.28 Å². The number of nitrogens with one attached hydrogen (secondary N) is 1. The highest BCUT2D eigenvalue weighted by atomic mass is 35.5. The molecule has 0 radical (unpaired) electrons. The lowest BCUT2D eigenvalue weighted by Crippen LogP contribution is -2.05. The average Bonchev–Trinajstić information content (AvgIpc) is 2.23. The van der Waals surface area contributed by atoms with Gasteiger partial charge in [-0.2, -0.15) is 0 Å². The van der Waals surface area contributed by atoms with Crippen LogP contribution in [0.2, 0.25) is 5.28 Å². The second-order valence-corrected chi connectivity index (χ2v) is 4.00. The van der Waals surface area contributed by atoms with E-state index in [2.05, 4.69) is 22.2 Å². The Morgan fingerprint density at radius 2 is 2.13 bits per heavy atom. The highest BCUT2D eigenvalue weighted by Gasteiger charge is 2.00. The third-order valence-corrected chi connectivity index (χ3v) is 2.45. The number of halogens is 1. The van der Waals surface area contributed by atoms with Gasteiger partial charge in [-0.1, -0.05) is 26.2 Å². The SMILES string of the molecule is CCCCCCNc1nc(Cl)ncc1C. The van der Waals surface area contributed by atoms with Gasteiger partial charge in [0.1, 0.15) is 5.82 Å². The van der Waals surface area contributed by atoms with Gasteiger partial charge in [0, 0.05) is 18.3 Å². The fourth-order valence-electron chi connectivity index (χ4n) is 1.36. The molecule has 3 nitrogen and oxygen atoms in total. The van der Waals surface area contributed by atoms with Crippen LogP contribution < -0.4 is 5.32 Å². The van der Waals surface area contributed by atoms with E-state index in [1.807, 2.05) is 6.92 Å². The van der Waals surface area contributed by atoms with Gasteiger partial charge in [-0.3, -0.25) is 0 Å². The lowest BCUT2D eigenvalue weighted by atomic mass is 10.2. The van der Waals surface area contributed by atoms with E-state index in [9.17, 15) is 0 Å². The molecule has 0 spiro atoms. The molecule has 0 saturated heterocycles. The molecule has 1 aromatic rings. The van der Waals surface area contributed by atoms with Gasteiger partial charge in [0.15, 0.2) is 0 Å². The highest BCUT2D eigenvalue weighted by Crippen LogP contribution is 2.12. The molecular weight excluding hydrogens is 210 g/mol. The first kappa shape index (κ1) is 12.2. The van der Waals surface area contributed by atoms with Gasteiger partial charge in [-0.25, -0.2) is 9.97 Å². The van der Waals surface area contributed by atoms with Crippen LogP contribution in [0.5, 0.6) is 0 Å². The van der Waals surface area contributed by atoms with Crippen molar-refractivity contribution in [2.45, 2.75) is 39.5 Å². The second-order valence-electron chi connectivity index (χ2n) is 3.66. The van der Waals surface area contributed by atoms with Crippen molar-refractivity contribution in [3.8, 4) is 0 Å². The molecule has 0 amide bonds. The normalized spacial score (nSPS) is 10.3. The zero-order chi connectivity index (χ0) is 11.1. The van der Waals surface area contributed by atoms with Crippen LogP contribution in [0.3, 0.4) is 0 Å². The molecule has 0 unspecified atom stereocenters. The molecule has 1 N–H and O–H groups in total. The molecule has 0 fully saturated rings. The fraction of sp³-hybridized carbons (Fsp3) is 0.636. The van der Waals surface area contributed by atoms with E-state index in [0.29, 0.717) is 5.28 Å². The number of nitrogens with zero attached hydrogens (tertiary/aromatic N) is 2. The van der Waals surface area contributed by atoms with Gasteiger partial charge < -0.3 is 5.32 Å². The minimum Gasteiger partial charge on any atom is -0.370 e. The maximum absolute atomic E-state index is 5.72. The summed E-state index contributed by atoms with van der Waals surface area (Å²) in [5.74, 6) is 0.853. The Labute approximate surface area is 96.3 Å². The Hall–Kier alpha value is -0.830. The fourth-order valence-corrected chi connectivity index (χ4v) is 1.49. The summed E-state index contributed by atoms with van der Waals surface area (Å²) in [5, 5.41) is 3.58. The van der Waals surface area contributed by atoms with Crippen molar-refractivity contribution in [2.75, 3.05) is 11.9 Å². The van der Waals surface area contributed by atoms with Crippen LogP contribution >= 0.6 is 11.6 Å². The second kappa shape index (κ2) is 6.62. The molecule has 0 aliphatic rings. The van der Waals surface area contributed by atoms with Crippen molar-refractivity contribution in [3.05, 3.63) is 17.0 Å². The van der Waals surface area contributed by atoms with Crippen molar-refractivity contribution < 1.29 is 0 Å². The molecule has 0 aliphatic carbocycles. The van der Waals surface area contributed by atoms with Crippen LogP contribution in [0, 0.1) is 6.92 Å². The highest BCUT2D eigenvalue weighted by molar-refractivity contribution is 6.28. The molecule has 0 aromatic carbocycles. The minimum atomic E-state index is 0.302. The topological polar surface area (TPSA) is 37.8 Å². The quantitative estimate of drug-likeness (QED) is 0.598. The molecule has 0 atom stereocenters. The lowest BCUT2D eigenvalue weighted by Gasteiger charge is -2.07. The van der Waals surface area contributed by atoms with E-state index >= 15 is 0 Å². The molecule has 1 heterocycles. The first-order valence-electron chi connectivity index (χ1n) is 5.47. The van der Waals surface area contributed by atoms with Gasteiger partial charge in [0.05, 0.1) is 0 Å². The number of aryl methyl sites for hydroxylation is 1. The van der Waals surface area contributed by atoms with Crippen molar-refractivity contribution in [1.82, 2.24) is 9.97 Å². The molecule has 4 heteroatoms. The summed E-state index contributed by atoms with van der Waals surface area (Å²) in [6, 6.07) is 0. The summed E-state index contributed by atoms with van der Waals surface area (Å²) in [6.45, 7) is 5.14. The van der Waals surface area contributed by atoms with Crippen LogP contribution in [0.15, 0.2) is 6.20 Å². The maximum atomic E-state index is 5.72. The van der Waals surface area contributed by atoms with E-state index in [0.717, 1.165) is 17.9 Å². The van der Waals surface area contributed by atoms with Crippen molar-refractivity contribution in [1.29, 1.82) is 0 Å². The van der Waals surface area contributed by atoms with Gasteiger partial charge >= 0.3 is 0 Å². The van der Waals surface area contributed by atoms with Gasteiger partial charge in [0.25, 0.3) is 0 Å². The van der Waals surface area contributed by atoms with E-state index in [1.165, 1.54) is 25.7 Å². The zero-order valence-electron chi connectivity index (χ0n) is 9.39. The van der Waals surface area contributed by atoms with Crippen LogP contribution in [0.25, 0.3) is 0 Å². The van der Waals surface area contributed by atoms with Crippen LogP contribution in [-0.2, 0) is 0 Å². The summed E-state index contributed by atoms with van der Waals surface area (Å²) in [4.78, 5) is 8.05. The average molecular weight is 228 g/mol. The summed E-state index contributed by atoms with van der Waals surface area (Å²) < 4.78 is 0. The predicted molar refractivity (Wildman–Crippen MR) is 64.4 cm³/mol. The number of hydrogen-bond donors (Lipinski definition) is 1. The number of hydrogen-bond acceptors (Lipinski definition) is 3. The number of unbranched alkanes of at least 4 members (excludes halogenated alkanes) is 3. The van der Waals surface area contributed by atoms with E-state index in [-0.39, 0.29) is 0 Å². The molecule has 0 aliphatic heterocycles. The largest absolute Gasteiger partial charge is 0.370 e. The Kier molecular flexibility index (Phi) is 5.40. The molecule has 0 saturated carbocycles. The molecule has 15 heavy (non-hydrogen) atoms. The van der Waals surface area contributed by atoms with Crippen LogP contribution in [0.1, 0.15) is 38.2 Å². The Bertz CT molecular complexity index is 302. The molecule has 84 valence electrons. The minimum absolute atomic E-state index is 0.302. The van der Waals surface area contributed by atoms with Crippen molar-refractivity contribution in [3.63, 3.8) is 0 Å². The van der Waals surface area contributed by atoms with Gasteiger partial charge in [-0.15, -0.1) is 0 Å². The van der Waals surface area contributed by atoms with Gasteiger partial charge in [-0.05, 0) is 24.9 Å². The Morgan fingerprint density at radius 3 is 2.87 bits per heavy atom. The molecule has 1 rings (SSSR count).